The number of hydrogen-bond donors (Lipinski definition) is 1. The Kier molecular flexibility index (Phi) is 5.87. The number of halogens is 6. The molecule has 3 aromatic carbocycles. The topological polar surface area (TPSA) is 33.1 Å². The van der Waals surface area contributed by atoms with E-state index < -0.39 is 30.1 Å². The van der Waals surface area contributed by atoms with Gasteiger partial charge in [0.2, 0.25) is 0 Å². The summed E-state index contributed by atoms with van der Waals surface area (Å²) in [4.78, 5) is 0. The molecule has 0 bridgehead atoms. The normalized spacial score (nSPS) is 11.9. The smallest absolute Gasteiger partial charge is 0.416 e. The molecule has 0 saturated heterocycles. The summed E-state index contributed by atoms with van der Waals surface area (Å²) >= 11 is 0. The number of alkyl halides is 6. The van der Waals surface area contributed by atoms with Gasteiger partial charge in [0.05, 0.1) is 11.1 Å². The molecule has 3 aromatic rings. The van der Waals surface area contributed by atoms with Crippen molar-refractivity contribution < 1.29 is 31.1 Å². The van der Waals surface area contributed by atoms with Gasteiger partial charge in [0.1, 0.15) is 12.4 Å². The van der Waals surface area contributed by atoms with Crippen LogP contribution < -0.4 is 4.74 Å². The molecule has 2 nitrogen and oxygen atoms in total. The molecule has 0 amide bonds. The average Bonchev–Trinajstić information content (AvgIpc) is 2.71. The average molecular weight is 423 g/mol. The van der Waals surface area contributed by atoms with Crippen molar-refractivity contribution in [3.05, 3.63) is 89.0 Å². The van der Waals surface area contributed by atoms with Crippen LogP contribution in [-0.2, 0) is 19.0 Å². The van der Waals surface area contributed by atoms with Crippen molar-refractivity contribution >= 4 is 6.21 Å². The van der Waals surface area contributed by atoms with Gasteiger partial charge >= 0.3 is 12.4 Å². The van der Waals surface area contributed by atoms with Gasteiger partial charge < -0.3 is 10.1 Å². The molecule has 0 aromatic heterocycles. The van der Waals surface area contributed by atoms with Crippen LogP contribution in [0.2, 0.25) is 0 Å². The minimum Gasteiger partial charge on any atom is -0.489 e. The highest BCUT2D eigenvalue weighted by molar-refractivity contribution is 5.80. The predicted octanol–water partition coefficient (Wildman–Crippen LogP) is 6.97. The van der Waals surface area contributed by atoms with Crippen molar-refractivity contribution in [2.24, 2.45) is 0 Å². The third kappa shape index (κ3) is 5.20. The Morgan fingerprint density at radius 2 is 1.33 bits per heavy atom. The number of benzene rings is 3. The first-order valence-electron chi connectivity index (χ1n) is 8.68. The summed E-state index contributed by atoms with van der Waals surface area (Å²) < 4.78 is 83.0. The zero-order valence-electron chi connectivity index (χ0n) is 15.3. The monoisotopic (exact) mass is 423 g/mol. The van der Waals surface area contributed by atoms with Gasteiger partial charge in [-0.1, -0.05) is 30.3 Å². The van der Waals surface area contributed by atoms with Crippen LogP contribution in [0.3, 0.4) is 0 Å². The van der Waals surface area contributed by atoms with Crippen LogP contribution in [0, 0.1) is 5.41 Å². The van der Waals surface area contributed by atoms with Gasteiger partial charge in [0.25, 0.3) is 0 Å². The zero-order chi connectivity index (χ0) is 21.9. The van der Waals surface area contributed by atoms with Crippen molar-refractivity contribution in [3.8, 4) is 16.9 Å². The van der Waals surface area contributed by atoms with Gasteiger partial charge in [-0.05, 0) is 58.7 Å². The van der Waals surface area contributed by atoms with E-state index in [9.17, 15) is 26.3 Å². The van der Waals surface area contributed by atoms with Gasteiger partial charge in [-0.2, -0.15) is 26.3 Å². The minimum absolute atomic E-state index is 0.0840. The Hall–Kier alpha value is -3.29. The van der Waals surface area contributed by atoms with E-state index in [1.54, 1.807) is 36.4 Å². The van der Waals surface area contributed by atoms with Gasteiger partial charge in [-0.25, -0.2) is 0 Å². The molecular formula is C22H15F6NO. The van der Waals surface area contributed by atoms with Crippen LogP contribution >= 0.6 is 0 Å². The third-order valence-electron chi connectivity index (χ3n) is 4.29. The second-order valence-corrected chi connectivity index (χ2v) is 6.50. The molecule has 8 heteroatoms. The summed E-state index contributed by atoms with van der Waals surface area (Å²) in [5.41, 5.74) is -0.591. The van der Waals surface area contributed by atoms with Gasteiger partial charge in [0.15, 0.2) is 0 Å². The first kappa shape index (κ1) is 21.4. The van der Waals surface area contributed by atoms with E-state index >= 15 is 0 Å². The highest BCUT2D eigenvalue weighted by Crippen LogP contribution is 2.36. The van der Waals surface area contributed by atoms with Crippen LogP contribution in [0.4, 0.5) is 26.3 Å². The van der Waals surface area contributed by atoms with Crippen LogP contribution in [0.15, 0.2) is 66.7 Å². The molecule has 0 aliphatic heterocycles. The third-order valence-corrected chi connectivity index (χ3v) is 4.29. The van der Waals surface area contributed by atoms with Crippen molar-refractivity contribution in [3.63, 3.8) is 0 Å². The standard InChI is InChI=1S/C22H15F6NO/c23-21(24,25)18-9-15(10-19(11-18)22(26,27)28)13-30-20-6-4-16(5-7-20)17-3-1-2-14(8-17)12-29/h1-12,29H,13H2. The fourth-order valence-electron chi connectivity index (χ4n) is 2.82. The number of hydrogen-bond acceptors (Lipinski definition) is 2. The molecule has 3 rings (SSSR count). The zero-order valence-corrected chi connectivity index (χ0v) is 15.3. The fraction of sp³-hybridized carbons (Fsp3) is 0.136. The van der Waals surface area contributed by atoms with Crippen LogP contribution in [-0.4, -0.2) is 6.21 Å². The molecule has 0 unspecified atom stereocenters. The second kappa shape index (κ2) is 8.22. The van der Waals surface area contributed by atoms with Crippen molar-refractivity contribution in [2.75, 3.05) is 0 Å². The lowest BCUT2D eigenvalue weighted by Gasteiger charge is -2.15. The Labute approximate surface area is 168 Å². The Balaban J connectivity index is 1.79. The van der Waals surface area contributed by atoms with Gasteiger partial charge in [-0.15, -0.1) is 0 Å². The number of ether oxygens (including phenoxy) is 1. The minimum atomic E-state index is -4.90. The highest BCUT2D eigenvalue weighted by atomic mass is 19.4. The molecule has 0 spiro atoms. The molecule has 0 atom stereocenters. The Morgan fingerprint density at radius 1 is 0.733 bits per heavy atom. The SMILES string of the molecule is N=Cc1cccc(-c2ccc(OCc3cc(C(F)(F)F)cc(C(F)(F)F)c3)cc2)c1. The molecule has 0 aliphatic rings. The highest BCUT2D eigenvalue weighted by Gasteiger charge is 2.36. The summed E-state index contributed by atoms with van der Waals surface area (Å²) in [5.74, 6) is 0.299. The number of rotatable bonds is 5. The fourth-order valence-corrected chi connectivity index (χ4v) is 2.82. The lowest BCUT2D eigenvalue weighted by Crippen LogP contribution is -2.12. The van der Waals surface area contributed by atoms with E-state index in [1.807, 2.05) is 12.1 Å². The molecule has 0 aliphatic carbocycles. The maximum absolute atomic E-state index is 12.9. The van der Waals surface area contributed by atoms with E-state index in [1.165, 1.54) is 6.21 Å². The van der Waals surface area contributed by atoms with Crippen LogP contribution in [0.5, 0.6) is 5.75 Å². The summed E-state index contributed by atoms with van der Waals surface area (Å²) in [7, 11) is 0. The van der Waals surface area contributed by atoms with E-state index in [-0.39, 0.29) is 11.6 Å². The van der Waals surface area contributed by atoms with E-state index in [2.05, 4.69) is 0 Å². The lowest BCUT2D eigenvalue weighted by atomic mass is 10.0. The largest absolute Gasteiger partial charge is 0.489 e. The van der Waals surface area contributed by atoms with E-state index in [0.717, 1.165) is 16.7 Å². The predicted molar refractivity (Wildman–Crippen MR) is 101 cm³/mol. The van der Waals surface area contributed by atoms with Gasteiger partial charge in [0, 0.05) is 6.21 Å². The summed E-state index contributed by atoms with van der Waals surface area (Å²) in [5, 5.41) is 7.29. The first-order chi connectivity index (χ1) is 14.1. The maximum atomic E-state index is 12.9. The summed E-state index contributed by atoms with van der Waals surface area (Å²) in [6, 6.07) is 15.2. The first-order valence-corrected chi connectivity index (χ1v) is 8.68. The molecule has 156 valence electrons. The molecule has 30 heavy (non-hydrogen) atoms. The van der Waals surface area contributed by atoms with Crippen LogP contribution in [0.1, 0.15) is 22.3 Å². The van der Waals surface area contributed by atoms with Crippen molar-refractivity contribution in [1.29, 1.82) is 5.41 Å². The van der Waals surface area contributed by atoms with Crippen molar-refractivity contribution in [1.82, 2.24) is 0 Å². The molecule has 1 N–H and O–H groups in total. The summed E-state index contributed by atoms with van der Waals surface area (Å²) in [6.07, 6.45) is -8.59. The van der Waals surface area contributed by atoms with Gasteiger partial charge in [-0.3, -0.25) is 0 Å². The molecule has 0 radical (unpaired) electrons. The quantitative estimate of drug-likeness (QED) is 0.349. The molecule has 0 saturated carbocycles. The molecular weight excluding hydrogens is 408 g/mol. The molecule has 0 fully saturated rings. The van der Waals surface area contributed by atoms with E-state index in [4.69, 9.17) is 10.1 Å². The summed E-state index contributed by atoms with van der Waals surface area (Å²) in [6.45, 7) is -0.449. The van der Waals surface area contributed by atoms with Crippen LogP contribution in [0.25, 0.3) is 11.1 Å². The second-order valence-electron chi connectivity index (χ2n) is 6.50. The molecule has 0 heterocycles. The lowest BCUT2D eigenvalue weighted by molar-refractivity contribution is -0.143. The maximum Gasteiger partial charge on any atom is 0.416 e. The van der Waals surface area contributed by atoms with E-state index in [0.29, 0.717) is 17.9 Å². The number of nitrogens with one attached hydrogen (secondary N) is 1. The Morgan fingerprint density at radius 3 is 1.87 bits per heavy atom. The van der Waals surface area contributed by atoms with Crippen molar-refractivity contribution in [2.45, 2.75) is 19.0 Å². The Bertz CT molecular complexity index is 1010.